The van der Waals surface area contributed by atoms with E-state index >= 15 is 0 Å². The molecule has 6 heteroatoms. The van der Waals surface area contributed by atoms with Crippen LogP contribution in [0.3, 0.4) is 0 Å². The SMILES string of the molecule is CC(CC(=O)O)Cc1nc(-c2ccccc2F)no1. The third kappa shape index (κ3) is 3.37. The van der Waals surface area contributed by atoms with Crippen LogP contribution in [-0.2, 0) is 11.2 Å². The van der Waals surface area contributed by atoms with Crippen molar-refractivity contribution in [1.29, 1.82) is 0 Å². The molecule has 2 aromatic rings. The second-order valence-corrected chi connectivity index (χ2v) is 4.40. The number of halogens is 1. The van der Waals surface area contributed by atoms with E-state index in [0.29, 0.717) is 12.3 Å². The summed E-state index contributed by atoms with van der Waals surface area (Å²) in [7, 11) is 0. The molecule has 1 atom stereocenters. The Balaban J connectivity index is 2.11. The van der Waals surface area contributed by atoms with Gasteiger partial charge in [-0.3, -0.25) is 4.79 Å². The summed E-state index contributed by atoms with van der Waals surface area (Å²) >= 11 is 0. The normalized spacial score (nSPS) is 12.3. The number of carboxylic acid groups (broad SMARTS) is 1. The van der Waals surface area contributed by atoms with Gasteiger partial charge in [0.15, 0.2) is 0 Å². The standard InChI is InChI=1S/C13H13FN2O3/c1-8(7-12(17)18)6-11-15-13(16-19-11)9-4-2-3-5-10(9)14/h2-5,8H,6-7H2,1H3,(H,17,18). The molecule has 5 nitrogen and oxygen atoms in total. The van der Waals surface area contributed by atoms with Crippen LogP contribution >= 0.6 is 0 Å². The molecule has 0 aliphatic heterocycles. The van der Waals surface area contributed by atoms with Crippen LogP contribution in [-0.4, -0.2) is 21.2 Å². The summed E-state index contributed by atoms with van der Waals surface area (Å²) in [5.41, 5.74) is 0.267. The smallest absolute Gasteiger partial charge is 0.303 e. The van der Waals surface area contributed by atoms with E-state index in [0.717, 1.165) is 0 Å². The number of aromatic nitrogens is 2. The predicted molar refractivity (Wildman–Crippen MR) is 64.8 cm³/mol. The molecular weight excluding hydrogens is 251 g/mol. The Kier molecular flexibility index (Phi) is 3.89. The van der Waals surface area contributed by atoms with Gasteiger partial charge in [-0.05, 0) is 18.1 Å². The summed E-state index contributed by atoms with van der Waals surface area (Å²) in [6, 6.07) is 6.14. The van der Waals surface area contributed by atoms with Crippen LogP contribution in [0.2, 0.25) is 0 Å². The van der Waals surface area contributed by atoms with E-state index in [9.17, 15) is 9.18 Å². The van der Waals surface area contributed by atoms with Crippen molar-refractivity contribution in [2.45, 2.75) is 19.8 Å². The van der Waals surface area contributed by atoms with Crippen molar-refractivity contribution in [3.63, 3.8) is 0 Å². The zero-order valence-electron chi connectivity index (χ0n) is 10.3. The summed E-state index contributed by atoms with van der Waals surface area (Å²) in [4.78, 5) is 14.6. The van der Waals surface area contributed by atoms with Gasteiger partial charge in [-0.15, -0.1) is 0 Å². The topological polar surface area (TPSA) is 76.2 Å². The number of benzene rings is 1. The van der Waals surface area contributed by atoms with Gasteiger partial charge >= 0.3 is 5.97 Å². The van der Waals surface area contributed by atoms with Gasteiger partial charge < -0.3 is 9.63 Å². The molecule has 1 aromatic carbocycles. The number of rotatable bonds is 5. The van der Waals surface area contributed by atoms with Gasteiger partial charge in [0.1, 0.15) is 5.82 Å². The molecule has 0 aliphatic rings. The Morgan fingerprint density at radius 2 is 2.21 bits per heavy atom. The monoisotopic (exact) mass is 264 g/mol. The van der Waals surface area contributed by atoms with Crippen molar-refractivity contribution in [3.05, 3.63) is 36.0 Å². The highest BCUT2D eigenvalue weighted by molar-refractivity contribution is 5.67. The van der Waals surface area contributed by atoms with Crippen molar-refractivity contribution in [2.24, 2.45) is 5.92 Å². The molecule has 0 amide bonds. The highest BCUT2D eigenvalue weighted by Gasteiger charge is 2.15. The molecule has 100 valence electrons. The first-order chi connectivity index (χ1) is 9.06. The van der Waals surface area contributed by atoms with E-state index in [2.05, 4.69) is 10.1 Å². The maximum Gasteiger partial charge on any atom is 0.303 e. The first kappa shape index (κ1) is 13.2. The number of hydrogen-bond acceptors (Lipinski definition) is 4. The van der Waals surface area contributed by atoms with E-state index in [1.54, 1.807) is 25.1 Å². The number of hydrogen-bond donors (Lipinski definition) is 1. The lowest BCUT2D eigenvalue weighted by Crippen LogP contribution is -2.07. The molecule has 1 unspecified atom stereocenters. The first-order valence-electron chi connectivity index (χ1n) is 5.85. The lowest BCUT2D eigenvalue weighted by Gasteiger charge is -2.03. The van der Waals surface area contributed by atoms with Crippen molar-refractivity contribution < 1.29 is 18.8 Å². The fourth-order valence-corrected chi connectivity index (χ4v) is 1.76. The molecule has 0 bridgehead atoms. The summed E-state index contributed by atoms with van der Waals surface area (Å²) in [6.45, 7) is 1.78. The number of nitrogens with zero attached hydrogens (tertiary/aromatic N) is 2. The second kappa shape index (κ2) is 5.60. The highest BCUT2D eigenvalue weighted by atomic mass is 19.1. The Labute approximate surface area is 109 Å². The van der Waals surface area contributed by atoms with Crippen LogP contribution < -0.4 is 0 Å². The van der Waals surface area contributed by atoms with E-state index in [-0.39, 0.29) is 23.7 Å². The van der Waals surface area contributed by atoms with Gasteiger partial charge in [0, 0.05) is 12.8 Å². The molecule has 1 N–H and O–H groups in total. The molecule has 0 spiro atoms. The third-order valence-electron chi connectivity index (χ3n) is 2.63. The third-order valence-corrected chi connectivity index (χ3v) is 2.63. The minimum absolute atomic E-state index is 0.0252. The van der Waals surface area contributed by atoms with Crippen LogP contribution in [0, 0.1) is 11.7 Å². The Morgan fingerprint density at radius 3 is 2.89 bits per heavy atom. The Hall–Kier alpha value is -2.24. The molecular formula is C13H13FN2O3. The lowest BCUT2D eigenvalue weighted by molar-refractivity contribution is -0.137. The summed E-state index contributed by atoms with van der Waals surface area (Å²) in [5, 5.41) is 12.4. The van der Waals surface area contributed by atoms with E-state index in [4.69, 9.17) is 9.63 Å². The number of carbonyl (C=O) groups is 1. The van der Waals surface area contributed by atoms with Crippen LogP contribution in [0.5, 0.6) is 0 Å². The lowest BCUT2D eigenvalue weighted by atomic mass is 10.0. The van der Waals surface area contributed by atoms with Gasteiger partial charge in [0.2, 0.25) is 11.7 Å². The molecule has 0 saturated heterocycles. The average molecular weight is 264 g/mol. The molecule has 1 heterocycles. The van der Waals surface area contributed by atoms with Gasteiger partial charge in [-0.25, -0.2) is 4.39 Å². The first-order valence-corrected chi connectivity index (χ1v) is 5.85. The predicted octanol–water partition coefficient (Wildman–Crippen LogP) is 2.53. The molecule has 0 fully saturated rings. The van der Waals surface area contributed by atoms with Crippen LogP contribution in [0.1, 0.15) is 19.2 Å². The van der Waals surface area contributed by atoms with Gasteiger partial charge in [0.25, 0.3) is 0 Å². The summed E-state index contributed by atoms with van der Waals surface area (Å²) < 4.78 is 18.5. The van der Waals surface area contributed by atoms with Gasteiger partial charge in [0.05, 0.1) is 5.56 Å². The second-order valence-electron chi connectivity index (χ2n) is 4.40. The maximum absolute atomic E-state index is 13.5. The van der Waals surface area contributed by atoms with Crippen LogP contribution in [0.4, 0.5) is 4.39 Å². The molecule has 1 aromatic heterocycles. The Bertz CT molecular complexity index is 583. The van der Waals surface area contributed by atoms with Crippen molar-refractivity contribution in [2.75, 3.05) is 0 Å². The van der Waals surface area contributed by atoms with Crippen LogP contribution in [0.25, 0.3) is 11.4 Å². The molecule has 0 aliphatic carbocycles. The fourth-order valence-electron chi connectivity index (χ4n) is 1.76. The number of aliphatic carboxylic acids is 1. The van der Waals surface area contributed by atoms with Gasteiger partial charge in [-0.2, -0.15) is 4.98 Å². The zero-order valence-corrected chi connectivity index (χ0v) is 10.3. The van der Waals surface area contributed by atoms with Crippen molar-refractivity contribution >= 4 is 5.97 Å². The molecule has 0 saturated carbocycles. The fraction of sp³-hybridized carbons (Fsp3) is 0.308. The highest BCUT2D eigenvalue weighted by Crippen LogP contribution is 2.20. The van der Waals surface area contributed by atoms with E-state index < -0.39 is 11.8 Å². The average Bonchev–Trinajstić information content (AvgIpc) is 2.76. The van der Waals surface area contributed by atoms with Crippen molar-refractivity contribution in [3.8, 4) is 11.4 Å². The van der Waals surface area contributed by atoms with Crippen molar-refractivity contribution in [1.82, 2.24) is 10.1 Å². The zero-order chi connectivity index (χ0) is 13.8. The summed E-state index contributed by atoms with van der Waals surface area (Å²) in [6.07, 6.45) is 0.380. The maximum atomic E-state index is 13.5. The molecule has 2 rings (SSSR count). The van der Waals surface area contributed by atoms with E-state index in [1.165, 1.54) is 6.07 Å². The largest absolute Gasteiger partial charge is 0.481 e. The minimum Gasteiger partial charge on any atom is -0.481 e. The molecule has 0 radical (unpaired) electrons. The number of carboxylic acids is 1. The van der Waals surface area contributed by atoms with Gasteiger partial charge in [-0.1, -0.05) is 24.2 Å². The van der Waals surface area contributed by atoms with E-state index in [1.807, 2.05) is 0 Å². The Morgan fingerprint density at radius 1 is 1.47 bits per heavy atom. The molecule has 19 heavy (non-hydrogen) atoms. The summed E-state index contributed by atoms with van der Waals surface area (Å²) in [5.74, 6) is -0.927. The minimum atomic E-state index is -0.874. The van der Waals surface area contributed by atoms with Crippen LogP contribution in [0.15, 0.2) is 28.8 Å². The quantitative estimate of drug-likeness (QED) is 0.898.